The number of hydrogen-bond acceptors (Lipinski definition) is 2. The lowest BCUT2D eigenvalue weighted by Crippen LogP contribution is -2.18. The highest BCUT2D eigenvalue weighted by molar-refractivity contribution is 5.94. The molecule has 1 aromatic carbocycles. The molecule has 0 heterocycles. The highest BCUT2D eigenvalue weighted by Gasteiger charge is 2.05. The van der Waals surface area contributed by atoms with Gasteiger partial charge >= 0.3 is 0 Å². The highest BCUT2D eigenvalue weighted by atomic mass is 16.1. The van der Waals surface area contributed by atoms with E-state index in [1.807, 2.05) is 25.1 Å². The maximum atomic E-state index is 11.4. The monoisotopic (exact) mass is 234 g/mol. The normalized spacial score (nSPS) is 10.4. The summed E-state index contributed by atoms with van der Waals surface area (Å²) in [6.07, 6.45) is 1.15. The Morgan fingerprint density at radius 2 is 2.06 bits per heavy atom. The van der Waals surface area contributed by atoms with Crippen molar-refractivity contribution in [3.8, 4) is 0 Å². The molecule has 1 aromatic rings. The van der Waals surface area contributed by atoms with E-state index in [0.717, 1.165) is 24.2 Å². The van der Waals surface area contributed by atoms with Crippen molar-refractivity contribution >= 4 is 11.6 Å². The molecule has 0 bridgehead atoms. The second-order valence-electron chi connectivity index (χ2n) is 4.72. The van der Waals surface area contributed by atoms with Crippen LogP contribution in [0, 0.1) is 12.8 Å². The molecule has 0 fully saturated rings. The molecule has 0 spiro atoms. The first-order chi connectivity index (χ1) is 8.04. The van der Waals surface area contributed by atoms with Crippen molar-refractivity contribution in [3.63, 3.8) is 0 Å². The van der Waals surface area contributed by atoms with Gasteiger partial charge in [-0.1, -0.05) is 13.8 Å². The van der Waals surface area contributed by atoms with Crippen LogP contribution in [-0.2, 0) is 0 Å². The fourth-order valence-corrected chi connectivity index (χ4v) is 1.64. The predicted octanol–water partition coefficient (Wildman–Crippen LogP) is 2.81. The van der Waals surface area contributed by atoms with Crippen molar-refractivity contribution in [2.75, 3.05) is 18.9 Å². The molecule has 0 atom stereocenters. The third-order valence-corrected chi connectivity index (χ3v) is 2.75. The van der Waals surface area contributed by atoms with Gasteiger partial charge in [-0.25, -0.2) is 0 Å². The third kappa shape index (κ3) is 4.10. The van der Waals surface area contributed by atoms with Gasteiger partial charge in [-0.2, -0.15) is 0 Å². The van der Waals surface area contributed by atoms with Crippen molar-refractivity contribution in [2.45, 2.75) is 27.2 Å². The Balaban J connectivity index is 2.66. The summed E-state index contributed by atoms with van der Waals surface area (Å²) in [5.41, 5.74) is 2.92. The van der Waals surface area contributed by atoms with Gasteiger partial charge in [0.25, 0.3) is 5.91 Å². The molecular weight excluding hydrogens is 212 g/mol. The lowest BCUT2D eigenvalue weighted by molar-refractivity contribution is 0.0963. The number of anilines is 1. The van der Waals surface area contributed by atoms with Crippen LogP contribution >= 0.6 is 0 Å². The van der Waals surface area contributed by atoms with Crippen LogP contribution in [0.4, 0.5) is 5.69 Å². The second-order valence-corrected chi connectivity index (χ2v) is 4.72. The minimum Gasteiger partial charge on any atom is -0.385 e. The summed E-state index contributed by atoms with van der Waals surface area (Å²) in [6.45, 7) is 7.41. The summed E-state index contributed by atoms with van der Waals surface area (Å²) >= 11 is 0. The van der Waals surface area contributed by atoms with Gasteiger partial charge < -0.3 is 10.6 Å². The van der Waals surface area contributed by atoms with E-state index in [-0.39, 0.29) is 5.91 Å². The lowest BCUT2D eigenvalue weighted by atomic mass is 10.1. The predicted molar refractivity (Wildman–Crippen MR) is 72.5 cm³/mol. The summed E-state index contributed by atoms with van der Waals surface area (Å²) in [4.78, 5) is 11.4. The number of amides is 1. The maximum Gasteiger partial charge on any atom is 0.251 e. The number of benzene rings is 1. The molecule has 0 aliphatic heterocycles. The molecule has 2 N–H and O–H groups in total. The Kier molecular flexibility index (Phi) is 5.01. The molecule has 17 heavy (non-hydrogen) atoms. The van der Waals surface area contributed by atoms with E-state index in [0.29, 0.717) is 11.5 Å². The van der Waals surface area contributed by atoms with Crippen LogP contribution in [0.15, 0.2) is 18.2 Å². The quantitative estimate of drug-likeness (QED) is 0.822. The summed E-state index contributed by atoms with van der Waals surface area (Å²) in [5.74, 6) is 0.662. The number of hydrogen-bond donors (Lipinski definition) is 2. The van der Waals surface area contributed by atoms with E-state index in [1.165, 1.54) is 0 Å². The summed E-state index contributed by atoms with van der Waals surface area (Å²) in [6, 6.07) is 5.74. The number of nitrogens with one attached hydrogen (secondary N) is 2. The molecule has 0 unspecified atom stereocenters. The average Bonchev–Trinajstić information content (AvgIpc) is 2.29. The second kappa shape index (κ2) is 6.28. The third-order valence-electron chi connectivity index (χ3n) is 2.75. The standard InChI is InChI=1S/C14H22N2O/c1-10(2)7-8-16-13-6-5-12(9-11(13)3)14(17)15-4/h5-6,9-10,16H,7-8H2,1-4H3,(H,15,17). The summed E-state index contributed by atoms with van der Waals surface area (Å²) in [7, 11) is 1.65. The molecule has 0 saturated heterocycles. The van der Waals surface area contributed by atoms with Gasteiger partial charge in [0.2, 0.25) is 0 Å². The van der Waals surface area contributed by atoms with Crippen molar-refractivity contribution < 1.29 is 4.79 Å². The molecule has 1 amide bonds. The highest BCUT2D eigenvalue weighted by Crippen LogP contribution is 2.16. The van der Waals surface area contributed by atoms with Gasteiger partial charge in [-0.3, -0.25) is 4.79 Å². The van der Waals surface area contributed by atoms with Gasteiger partial charge in [-0.15, -0.1) is 0 Å². The van der Waals surface area contributed by atoms with Crippen LogP contribution in [0.1, 0.15) is 36.2 Å². The molecule has 3 nitrogen and oxygen atoms in total. The zero-order valence-corrected chi connectivity index (χ0v) is 11.1. The zero-order chi connectivity index (χ0) is 12.8. The van der Waals surface area contributed by atoms with Gasteiger partial charge in [0, 0.05) is 24.8 Å². The molecule has 1 rings (SSSR count). The largest absolute Gasteiger partial charge is 0.385 e. The number of carbonyl (C=O) groups is 1. The molecule has 0 aliphatic carbocycles. The molecule has 3 heteroatoms. The van der Waals surface area contributed by atoms with Gasteiger partial charge in [0.1, 0.15) is 0 Å². The van der Waals surface area contributed by atoms with Crippen LogP contribution < -0.4 is 10.6 Å². The Bertz CT molecular complexity index is 386. The molecule has 0 aliphatic rings. The van der Waals surface area contributed by atoms with Crippen molar-refractivity contribution in [3.05, 3.63) is 29.3 Å². The summed E-state index contributed by atoms with van der Waals surface area (Å²) < 4.78 is 0. The van der Waals surface area contributed by atoms with E-state index < -0.39 is 0 Å². The first-order valence-electron chi connectivity index (χ1n) is 6.11. The van der Waals surface area contributed by atoms with E-state index >= 15 is 0 Å². The molecule has 0 saturated carbocycles. The van der Waals surface area contributed by atoms with E-state index in [1.54, 1.807) is 7.05 Å². The number of aryl methyl sites for hydroxylation is 1. The molecule has 0 aromatic heterocycles. The van der Waals surface area contributed by atoms with Crippen LogP contribution in [0.25, 0.3) is 0 Å². The fourth-order valence-electron chi connectivity index (χ4n) is 1.64. The minimum atomic E-state index is -0.0400. The lowest BCUT2D eigenvalue weighted by Gasteiger charge is -2.12. The van der Waals surface area contributed by atoms with Crippen molar-refractivity contribution in [1.82, 2.24) is 5.32 Å². The van der Waals surface area contributed by atoms with Crippen LogP contribution in [0.3, 0.4) is 0 Å². The van der Waals surface area contributed by atoms with E-state index in [2.05, 4.69) is 24.5 Å². The maximum absolute atomic E-state index is 11.4. The minimum absolute atomic E-state index is 0.0400. The Labute approximate surface area is 104 Å². The number of carbonyl (C=O) groups excluding carboxylic acids is 1. The topological polar surface area (TPSA) is 41.1 Å². The number of rotatable bonds is 5. The Hall–Kier alpha value is -1.51. The Morgan fingerprint density at radius 3 is 2.59 bits per heavy atom. The Morgan fingerprint density at radius 1 is 1.35 bits per heavy atom. The first kappa shape index (κ1) is 13.6. The van der Waals surface area contributed by atoms with E-state index in [4.69, 9.17) is 0 Å². The van der Waals surface area contributed by atoms with Gasteiger partial charge in [0.05, 0.1) is 0 Å². The SMILES string of the molecule is CNC(=O)c1ccc(NCCC(C)C)c(C)c1. The fraction of sp³-hybridized carbons (Fsp3) is 0.500. The average molecular weight is 234 g/mol. The van der Waals surface area contributed by atoms with Gasteiger partial charge in [-0.05, 0) is 43.0 Å². The molecule has 94 valence electrons. The van der Waals surface area contributed by atoms with Crippen LogP contribution in [-0.4, -0.2) is 19.5 Å². The van der Waals surface area contributed by atoms with Crippen molar-refractivity contribution in [2.24, 2.45) is 5.92 Å². The molecular formula is C14H22N2O. The molecule has 0 radical (unpaired) electrons. The van der Waals surface area contributed by atoms with Crippen LogP contribution in [0.2, 0.25) is 0 Å². The van der Waals surface area contributed by atoms with Crippen molar-refractivity contribution in [1.29, 1.82) is 0 Å². The van der Waals surface area contributed by atoms with E-state index in [9.17, 15) is 4.79 Å². The summed E-state index contributed by atoms with van der Waals surface area (Å²) in [5, 5.41) is 6.02. The first-order valence-corrected chi connectivity index (χ1v) is 6.11. The van der Waals surface area contributed by atoms with Gasteiger partial charge in [0.15, 0.2) is 0 Å². The zero-order valence-electron chi connectivity index (χ0n) is 11.1. The van der Waals surface area contributed by atoms with Crippen LogP contribution in [0.5, 0.6) is 0 Å². The smallest absolute Gasteiger partial charge is 0.251 e.